The molecule has 0 bridgehead atoms. The van der Waals surface area contributed by atoms with E-state index in [0.29, 0.717) is 6.42 Å². The molecule has 1 rings (SSSR count). The molecule has 4 heteroatoms. The van der Waals surface area contributed by atoms with E-state index in [-0.39, 0.29) is 12.5 Å². The van der Waals surface area contributed by atoms with Crippen LogP contribution in [-0.4, -0.2) is 24.2 Å². The molecule has 0 aliphatic carbocycles. The lowest BCUT2D eigenvalue weighted by Crippen LogP contribution is -2.26. The van der Waals surface area contributed by atoms with Crippen molar-refractivity contribution >= 4 is 5.97 Å². The Kier molecular flexibility index (Phi) is 4.73. The molecule has 1 aromatic carbocycles. The highest BCUT2D eigenvalue weighted by Gasteiger charge is 2.14. The van der Waals surface area contributed by atoms with Crippen LogP contribution in [-0.2, 0) is 11.2 Å². The van der Waals surface area contributed by atoms with Crippen molar-refractivity contribution in [3.63, 3.8) is 0 Å². The van der Waals surface area contributed by atoms with Gasteiger partial charge < -0.3 is 15.6 Å². The number of ether oxygens (including phenoxy) is 1. The van der Waals surface area contributed by atoms with Gasteiger partial charge in [0.1, 0.15) is 5.75 Å². The van der Waals surface area contributed by atoms with E-state index in [2.05, 4.69) is 0 Å². The number of aliphatic carboxylic acids is 1. The summed E-state index contributed by atoms with van der Waals surface area (Å²) in [6.45, 7) is 6.00. The molecule has 18 heavy (non-hydrogen) atoms. The van der Waals surface area contributed by atoms with Gasteiger partial charge in [0.15, 0.2) is 0 Å². The molecule has 0 saturated heterocycles. The summed E-state index contributed by atoms with van der Waals surface area (Å²) < 4.78 is 5.36. The standard InChI is InChI=1S/C14H21NO3/c1-8-5-11(6-12(15)7-13(16)17)9(2)10(3)14(8)18-4/h5,12H,6-7,15H2,1-4H3,(H,16,17). The molecule has 0 spiro atoms. The summed E-state index contributed by atoms with van der Waals surface area (Å²) in [7, 11) is 1.66. The molecule has 0 aliphatic heterocycles. The third kappa shape index (κ3) is 3.23. The van der Waals surface area contributed by atoms with E-state index < -0.39 is 5.97 Å². The Bertz CT molecular complexity index is 455. The maximum atomic E-state index is 10.6. The van der Waals surface area contributed by atoms with Gasteiger partial charge in [0.2, 0.25) is 0 Å². The summed E-state index contributed by atoms with van der Waals surface area (Å²) in [5.41, 5.74) is 10.2. The Hall–Kier alpha value is -1.55. The van der Waals surface area contributed by atoms with Gasteiger partial charge in [-0.2, -0.15) is 0 Å². The van der Waals surface area contributed by atoms with Crippen LogP contribution < -0.4 is 10.5 Å². The number of nitrogens with two attached hydrogens (primary N) is 1. The number of carboxylic acids is 1. The maximum absolute atomic E-state index is 10.6. The van der Waals surface area contributed by atoms with Crippen LogP contribution in [0.5, 0.6) is 5.75 Å². The summed E-state index contributed by atoms with van der Waals surface area (Å²) in [6, 6.07) is 1.68. The first kappa shape index (κ1) is 14.5. The molecule has 100 valence electrons. The number of aryl methyl sites for hydroxylation is 1. The Morgan fingerprint density at radius 3 is 2.50 bits per heavy atom. The fourth-order valence-electron chi connectivity index (χ4n) is 2.25. The first-order valence-electron chi connectivity index (χ1n) is 5.97. The van der Waals surface area contributed by atoms with Crippen LogP contribution in [0.1, 0.15) is 28.7 Å². The van der Waals surface area contributed by atoms with Gasteiger partial charge in [0.25, 0.3) is 0 Å². The highest BCUT2D eigenvalue weighted by atomic mass is 16.5. The van der Waals surface area contributed by atoms with E-state index in [4.69, 9.17) is 15.6 Å². The van der Waals surface area contributed by atoms with Crippen LogP contribution in [0.15, 0.2) is 6.07 Å². The van der Waals surface area contributed by atoms with Crippen molar-refractivity contribution in [2.45, 2.75) is 39.7 Å². The fraction of sp³-hybridized carbons (Fsp3) is 0.500. The quantitative estimate of drug-likeness (QED) is 0.839. The van der Waals surface area contributed by atoms with E-state index in [0.717, 1.165) is 28.0 Å². The summed E-state index contributed by atoms with van der Waals surface area (Å²) in [6.07, 6.45) is 0.563. The highest BCUT2D eigenvalue weighted by molar-refractivity contribution is 5.67. The molecular formula is C14H21NO3. The topological polar surface area (TPSA) is 72.5 Å². The second-order valence-electron chi connectivity index (χ2n) is 4.70. The minimum atomic E-state index is -0.859. The van der Waals surface area contributed by atoms with E-state index in [1.807, 2.05) is 26.8 Å². The molecule has 1 unspecified atom stereocenters. The molecule has 0 fully saturated rings. The number of hydrogen-bond acceptors (Lipinski definition) is 3. The maximum Gasteiger partial charge on any atom is 0.304 e. The predicted octanol–water partition coefficient (Wildman–Crippen LogP) is 1.96. The number of rotatable bonds is 5. The molecule has 0 aromatic heterocycles. The van der Waals surface area contributed by atoms with E-state index in [1.165, 1.54) is 0 Å². The van der Waals surface area contributed by atoms with Crippen LogP contribution in [0.2, 0.25) is 0 Å². The van der Waals surface area contributed by atoms with E-state index >= 15 is 0 Å². The summed E-state index contributed by atoms with van der Waals surface area (Å²) >= 11 is 0. The van der Waals surface area contributed by atoms with Crippen LogP contribution in [0, 0.1) is 20.8 Å². The number of benzene rings is 1. The molecule has 0 aliphatic rings. The van der Waals surface area contributed by atoms with Gasteiger partial charge in [0.05, 0.1) is 13.5 Å². The monoisotopic (exact) mass is 251 g/mol. The Morgan fingerprint density at radius 1 is 1.39 bits per heavy atom. The zero-order valence-corrected chi connectivity index (χ0v) is 11.4. The molecule has 0 saturated carbocycles. The van der Waals surface area contributed by atoms with Crippen molar-refractivity contribution in [3.8, 4) is 5.75 Å². The van der Waals surface area contributed by atoms with Crippen LogP contribution in [0.4, 0.5) is 0 Å². The summed E-state index contributed by atoms with van der Waals surface area (Å²) in [4.78, 5) is 10.6. The number of carbonyl (C=O) groups is 1. The number of carboxylic acid groups (broad SMARTS) is 1. The van der Waals surface area contributed by atoms with Crippen molar-refractivity contribution in [2.24, 2.45) is 5.73 Å². The van der Waals surface area contributed by atoms with Crippen molar-refractivity contribution in [1.29, 1.82) is 0 Å². The van der Waals surface area contributed by atoms with Crippen molar-refractivity contribution in [1.82, 2.24) is 0 Å². The normalized spacial score (nSPS) is 12.3. The second-order valence-corrected chi connectivity index (χ2v) is 4.70. The molecule has 1 aromatic rings. The average molecular weight is 251 g/mol. The Labute approximate surface area is 108 Å². The average Bonchev–Trinajstić information content (AvgIpc) is 2.25. The third-order valence-electron chi connectivity index (χ3n) is 3.26. The van der Waals surface area contributed by atoms with Gasteiger partial charge in [-0.15, -0.1) is 0 Å². The summed E-state index contributed by atoms with van der Waals surface area (Å²) in [5.74, 6) is 0.0326. The van der Waals surface area contributed by atoms with Gasteiger partial charge in [-0.05, 0) is 49.4 Å². The predicted molar refractivity (Wildman–Crippen MR) is 71.1 cm³/mol. The lowest BCUT2D eigenvalue weighted by molar-refractivity contribution is -0.137. The van der Waals surface area contributed by atoms with E-state index in [1.54, 1.807) is 7.11 Å². The van der Waals surface area contributed by atoms with E-state index in [9.17, 15) is 4.79 Å². The zero-order valence-electron chi connectivity index (χ0n) is 11.4. The second kappa shape index (κ2) is 5.87. The molecule has 3 N–H and O–H groups in total. The SMILES string of the molecule is COc1c(C)cc(CC(N)CC(=O)O)c(C)c1C. The molecular weight excluding hydrogens is 230 g/mol. The molecule has 1 atom stereocenters. The minimum Gasteiger partial charge on any atom is -0.496 e. The third-order valence-corrected chi connectivity index (χ3v) is 3.26. The number of methoxy groups -OCH3 is 1. The van der Waals surface area contributed by atoms with Crippen LogP contribution >= 0.6 is 0 Å². The zero-order chi connectivity index (χ0) is 13.9. The Morgan fingerprint density at radius 2 is 2.00 bits per heavy atom. The number of hydrogen-bond donors (Lipinski definition) is 2. The molecule has 4 nitrogen and oxygen atoms in total. The summed E-state index contributed by atoms with van der Waals surface area (Å²) in [5, 5.41) is 8.72. The largest absolute Gasteiger partial charge is 0.496 e. The molecule has 0 heterocycles. The molecule has 0 amide bonds. The minimum absolute atomic E-state index is 0.0104. The first-order valence-corrected chi connectivity index (χ1v) is 5.97. The highest BCUT2D eigenvalue weighted by Crippen LogP contribution is 2.29. The first-order chi connectivity index (χ1) is 8.36. The van der Waals surface area contributed by atoms with Crippen molar-refractivity contribution in [2.75, 3.05) is 7.11 Å². The fourth-order valence-corrected chi connectivity index (χ4v) is 2.25. The van der Waals surface area contributed by atoms with Crippen LogP contribution in [0.25, 0.3) is 0 Å². The molecule has 0 radical (unpaired) electrons. The van der Waals surface area contributed by atoms with Crippen molar-refractivity contribution < 1.29 is 14.6 Å². The van der Waals surface area contributed by atoms with Gasteiger partial charge in [0, 0.05) is 6.04 Å². The van der Waals surface area contributed by atoms with Crippen molar-refractivity contribution in [3.05, 3.63) is 28.3 Å². The Balaban J connectivity index is 3.00. The lowest BCUT2D eigenvalue weighted by atomic mass is 9.93. The van der Waals surface area contributed by atoms with Crippen LogP contribution in [0.3, 0.4) is 0 Å². The van der Waals surface area contributed by atoms with Gasteiger partial charge in [-0.1, -0.05) is 6.07 Å². The lowest BCUT2D eigenvalue weighted by Gasteiger charge is -2.17. The van der Waals surface area contributed by atoms with Gasteiger partial charge in [-0.25, -0.2) is 0 Å². The van der Waals surface area contributed by atoms with Gasteiger partial charge >= 0.3 is 5.97 Å². The smallest absolute Gasteiger partial charge is 0.304 e. The van der Waals surface area contributed by atoms with Gasteiger partial charge in [-0.3, -0.25) is 4.79 Å².